The average molecular weight is 578 g/mol. The van der Waals surface area contributed by atoms with Crippen LogP contribution in [0.1, 0.15) is 25.3 Å². The number of unbranched alkanes of at least 4 members (excludes halogenated alkanes) is 1. The largest absolute Gasteiger partial charge is 0.492 e. The molecule has 1 fully saturated rings. The number of rotatable bonds is 10. The van der Waals surface area contributed by atoms with Crippen molar-refractivity contribution in [1.29, 1.82) is 0 Å². The van der Waals surface area contributed by atoms with Crippen LogP contribution in [-0.2, 0) is 14.9 Å². The molecular weight excluding hydrogens is 554 g/mol. The van der Waals surface area contributed by atoms with E-state index in [0.717, 1.165) is 35.9 Å². The van der Waals surface area contributed by atoms with E-state index in [9.17, 15) is 13.2 Å². The van der Waals surface area contributed by atoms with Crippen molar-refractivity contribution in [3.8, 4) is 22.7 Å². The second-order valence-electron chi connectivity index (χ2n) is 8.18. The monoisotopic (exact) mass is 577 g/mol. The Morgan fingerprint density at radius 3 is 2.65 bits per heavy atom. The Labute approximate surface area is 230 Å². The third-order valence-electron chi connectivity index (χ3n) is 5.46. The number of ether oxygens (including phenoxy) is 1. The summed E-state index contributed by atoms with van der Waals surface area (Å²) in [6.07, 6.45) is 5.41. The number of carbonyl (C=O) groups is 1. The van der Waals surface area contributed by atoms with Crippen molar-refractivity contribution in [3.63, 3.8) is 0 Å². The molecule has 0 bridgehead atoms. The van der Waals surface area contributed by atoms with Crippen molar-refractivity contribution in [2.45, 2.75) is 19.8 Å². The Morgan fingerprint density at radius 1 is 1.22 bits per heavy atom. The van der Waals surface area contributed by atoms with E-state index in [1.54, 1.807) is 29.1 Å². The van der Waals surface area contributed by atoms with Gasteiger partial charge in [-0.25, -0.2) is 4.68 Å². The van der Waals surface area contributed by atoms with Crippen LogP contribution in [0.5, 0.6) is 5.75 Å². The fourth-order valence-corrected chi connectivity index (χ4v) is 5.51. The van der Waals surface area contributed by atoms with E-state index in [1.165, 1.54) is 4.90 Å². The van der Waals surface area contributed by atoms with Gasteiger partial charge in [0.05, 0.1) is 28.0 Å². The predicted molar refractivity (Wildman–Crippen MR) is 151 cm³/mol. The molecule has 12 heteroatoms. The molecule has 1 saturated heterocycles. The number of thiocarbonyl (C=S) groups is 1. The molecule has 194 valence electrons. The summed E-state index contributed by atoms with van der Waals surface area (Å²) < 4.78 is 39.1. The van der Waals surface area contributed by atoms with E-state index in [-0.39, 0.29) is 10.9 Å². The third-order valence-corrected chi connectivity index (χ3v) is 7.83. The molecule has 1 aliphatic rings. The molecule has 0 radical (unpaired) electrons. The normalized spacial score (nSPS) is 15.1. The summed E-state index contributed by atoms with van der Waals surface area (Å²) >= 11 is 12.9. The highest BCUT2D eigenvalue weighted by Crippen LogP contribution is 2.36. The van der Waals surface area contributed by atoms with E-state index in [2.05, 4.69) is 6.92 Å². The summed E-state index contributed by atoms with van der Waals surface area (Å²) in [6, 6.07) is 15.0. The zero-order valence-corrected chi connectivity index (χ0v) is 23.0. The van der Waals surface area contributed by atoms with Gasteiger partial charge in [-0.3, -0.25) is 14.2 Å². The van der Waals surface area contributed by atoms with Crippen LogP contribution in [0.15, 0.2) is 59.6 Å². The van der Waals surface area contributed by atoms with Crippen LogP contribution < -0.4 is 4.74 Å². The molecule has 3 aromatic rings. The molecule has 8 nitrogen and oxygen atoms in total. The minimum absolute atomic E-state index is 0.216. The highest BCUT2D eigenvalue weighted by atomic mass is 35.5. The van der Waals surface area contributed by atoms with Gasteiger partial charge in [0.1, 0.15) is 15.8 Å². The molecule has 37 heavy (non-hydrogen) atoms. The highest BCUT2D eigenvalue weighted by molar-refractivity contribution is 8.26. The van der Waals surface area contributed by atoms with Gasteiger partial charge < -0.3 is 4.74 Å². The summed E-state index contributed by atoms with van der Waals surface area (Å²) in [5, 5.41) is 5.21. The average Bonchev–Trinajstić information content (AvgIpc) is 3.39. The first-order valence-electron chi connectivity index (χ1n) is 11.4. The van der Waals surface area contributed by atoms with E-state index < -0.39 is 21.8 Å². The number of para-hydroxylation sites is 1. The maximum absolute atomic E-state index is 13.0. The summed E-state index contributed by atoms with van der Waals surface area (Å²) in [5.41, 5.74) is 2.80. The van der Waals surface area contributed by atoms with Gasteiger partial charge in [0.15, 0.2) is 0 Å². The van der Waals surface area contributed by atoms with Gasteiger partial charge in [0.25, 0.3) is 16.0 Å². The Kier molecular flexibility index (Phi) is 8.71. The molecule has 0 saturated carbocycles. The second kappa shape index (κ2) is 11.8. The number of nitrogens with zero attached hydrogens (tertiary/aromatic N) is 3. The molecule has 1 N–H and O–H groups in total. The van der Waals surface area contributed by atoms with Crippen molar-refractivity contribution < 1.29 is 22.5 Å². The zero-order valence-electron chi connectivity index (χ0n) is 19.8. The molecular formula is C25H24ClN3O5S3. The van der Waals surface area contributed by atoms with Crippen LogP contribution in [-0.4, -0.2) is 56.8 Å². The van der Waals surface area contributed by atoms with Gasteiger partial charge in [0.2, 0.25) is 0 Å². The quantitative estimate of drug-likeness (QED) is 0.147. The number of aromatic nitrogens is 2. The Bertz CT molecular complexity index is 1460. The molecule has 2 aromatic carbocycles. The number of thioether (sulfide) groups is 1. The standard InChI is InChI=1S/C25H24ClN3O5S3/c1-2-3-12-34-21-10-9-17(14-20(21)26)23-18(16-29(27-23)19-7-5-4-6-8-19)15-22-24(30)28(25(35)36-22)11-13-37(31,32)33/h4-10,14-16H,2-3,11-13H2,1H3,(H,31,32,33)/b22-15-. The van der Waals surface area contributed by atoms with Gasteiger partial charge in [-0.15, -0.1) is 0 Å². The van der Waals surface area contributed by atoms with Gasteiger partial charge in [-0.05, 0) is 42.8 Å². The fourth-order valence-electron chi connectivity index (χ4n) is 3.56. The fraction of sp³-hybridized carbons (Fsp3) is 0.240. The lowest BCUT2D eigenvalue weighted by atomic mass is 10.1. The maximum atomic E-state index is 13.0. The Balaban J connectivity index is 1.70. The van der Waals surface area contributed by atoms with Crippen LogP contribution in [0.25, 0.3) is 23.0 Å². The first kappa shape index (κ1) is 27.3. The molecule has 0 spiro atoms. The van der Waals surface area contributed by atoms with E-state index in [4.69, 9.17) is 38.2 Å². The summed E-state index contributed by atoms with van der Waals surface area (Å²) in [5.74, 6) is -0.452. The summed E-state index contributed by atoms with van der Waals surface area (Å²) in [4.78, 5) is 14.5. The minimum atomic E-state index is -4.24. The number of carbonyl (C=O) groups excluding carboxylic acids is 1. The van der Waals surface area contributed by atoms with Crippen molar-refractivity contribution in [1.82, 2.24) is 14.7 Å². The minimum Gasteiger partial charge on any atom is -0.492 e. The van der Waals surface area contributed by atoms with Gasteiger partial charge in [-0.1, -0.05) is 67.1 Å². The highest BCUT2D eigenvalue weighted by Gasteiger charge is 2.33. The number of hydrogen-bond acceptors (Lipinski definition) is 7. The van der Waals surface area contributed by atoms with Crippen molar-refractivity contribution in [2.24, 2.45) is 0 Å². The lowest BCUT2D eigenvalue weighted by molar-refractivity contribution is -0.121. The van der Waals surface area contributed by atoms with Crippen molar-refractivity contribution in [2.75, 3.05) is 18.9 Å². The maximum Gasteiger partial charge on any atom is 0.266 e. The Hall–Kier alpha value is -2.70. The molecule has 1 aromatic heterocycles. The lowest BCUT2D eigenvalue weighted by Gasteiger charge is -2.12. The van der Waals surface area contributed by atoms with Gasteiger partial charge in [0, 0.05) is 23.9 Å². The van der Waals surface area contributed by atoms with Crippen LogP contribution in [0, 0.1) is 0 Å². The summed E-state index contributed by atoms with van der Waals surface area (Å²) in [6.45, 7) is 2.43. The first-order chi connectivity index (χ1) is 17.7. The second-order valence-corrected chi connectivity index (χ2v) is 11.8. The van der Waals surface area contributed by atoms with Crippen LogP contribution in [0.4, 0.5) is 0 Å². The molecule has 0 unspecified atom stereocenters. The number of benzene rings is 2. The molecule has 2 heterocycles. The number of amides is 1. The third kappa shape index (κ3) is 6.79. The number of halogens is 1. The molecule has 0 atom stereocenters. The molecule has 1 amide bonds. The predicted octanol–water partition coefficient (Wildman–Crippen LogP) is 5.46. The molecule has 4 rings (SSSR count). The smallest absolute Gasteiger partial charge is 0.266 e. The van der Waals surface area contributed by atoms with Crippen LogP contribution >= 0.6 is 35.6 Å². The molecule has 0 aliphatic carbocycles. The van der Waals surface area contributed by atoms with E-state index in [0.29, 0.717) is 33.5 Å². The van der Waals surface area contributed by atoms with E-state index >= 15 is 0 Å². The van der Waals surface area contributed by atoms with Gasteiger partial charge >= 0.3 is 0 Å². The SMILES string of the molecule is CCCCOc1ccc(-c2nn(-c3ccccc3)cc2/C=C2\SC(=S)N(CCS(=O)(=O)O)C2=O)cc1Cl. The topological polar surface area (TPSA) is 102 Å². The first-order valence-corrected chi connectivity index (χ1v) is 14.7. The molecule has 1 aliphatic heterocycles. The van der Waals surface area contributed by atoms with Crippen LogP contribution in [0.3, 0.4) is 0 Å². The van der Waals surface area contributed by atoms with Crippen molar-refractivity contribution >= 4 is 62.0 Å². The zero-order chi connectivity index (χ0) is 26.6. The number of hydrogen-bond donors (Lipinski definition) is 1. The van der Waals surface area contributed by atoms with Crippen molar-refractivity contribution in [3.05, 3.63) is 70.2 Å². The lowest BCUT2D eigenvalue weighted by Crippen LogP contribution is -2.32. The van der Waals surface area contributed by atoms with E-state index in [1.807, 2.05) is 36.4 Å². The Morgan fingerprint density at radius 2 is 1.97 bits per heavy atom. The van der Waals surface area contributed by atoms with Gasteiger partial charge in [-0.2, -0.15) is 13.5 Å². The summed E-state index contributed by atoms with van der Waals surface area (Å²) in [7, 11) is -4.24. The van der Waals surface area contributed by atoms with Crippen LogP contribution in [0.2, 0.25) is 5.02 Å².